The number of rotatable bonds is 4. The fourth-order valence-electron chi connectivity index (χ4n) is 1.95. The second-order valence-electron chi connectivity index (χ2n) is 4.51. The van der Waals surface area contributed by atoms with Crippen LogP contribution in [-0.4, -0.2) is 15.2 Å². The molecule has 0 aliphatic rings. The van der Waals surface area contributed by atoms with E-state index < -0.39 is 0 Å². The number of anilines is 1. The van der Waals surface area contributed by atoms with Crippen LogP contribution in [0.4, 0.5) is 5.69 Å². The summed E-state index contributed by atoms with van der Waals surface area (Å²) in [6.07, 6.45) is 1.33. The first-order valence-electron chi connectivity index (χ1n) is 6.24. The lowest BCUT2D eigenvalue weighted by molar-refractivity contribution is 0.568. The van der Waals surface area contributed by atoms with Crippen molar-refractivity contribution < 1.29 is 4.42 Å². The third-order valence-electron chi connectivity index (χ3n) is 2.93. The van der Waals surface area contributed by atoms with Gasteiger partial charge in [0.05, 0.1) is 6.54 Å². The summed E-state index contributed by atoms with van der Waals surface area (Å²) in [5.74, 6) is 0.537. The molecule has 6 heteroatoms. The van der Waals surface area contributed by atoms with Crippen LogP contribution in [-0.2, 0) is 6.54 Å². The number of hydrogen-bond acceptors (Lipinski definition) is 6. The van der Waals surface area contributed by atoms with Gasteiger partial charge in [-0.3, -0.25) is 0 Å². The summed E-state index contributed by atoms with van der Waals surface area (Å²) < 4.78 is 5.20. The van der Waals surface area contributed by atoms with Crippen LogP contribution in [0, 0.1) is 13.8 Å². The average Bonchev–Trinajstić information content (AvgIpc) is 3.08. The van der Waals surface area contributed by atoms with Gasteiger partial charge in [-0.25, -0.2) is 4.98 Å². The molecule has 1 N–H and O–H groups in total. The van der Waals surface area contributed by atoms with E-state index in [0.29, 0.717) is 5.89 Å². The summed E-state index contributed by atoms with van der Waals surface area (Å²) in [5, 5.41) is 14.1. The maximum atomic E-state index is 5.20. The molecule has 0 bridgehead atoms. The van der Waals surface area contributed by atoms with E-state index in [1.165, 1.54) is 6.39 Å². The molecule has 0 aliphatic carbocycles. The first kappa shape index (κ1) is 12.8. The number of nitrogens with one attached hydrogen (secondary N) is 1. The smallest absolute Gasteiger partial charge is 0.247 e. The van der Waals surface area contributed by atoms with Crippen molar-refractivity contribution in [2.45, 2.75) is 20.4 Å². The molecule has 0 saturated carbocycles. The minimum absolute atomic E-state index is 0.537. The lowest BCUT2D eigenvalue weighted by Gasteiger charge is -2.08. The molecule has 5 nitrogen and oxygen atoms in total. The molecule has 0 spiro atoms. The Labute approximate surface area is 120 Å². The Bertz CT molecular complexity index is 706. The minimum atomic E-state index is 0.537. The van der Waals surface area contributed by atoms with Crippen molar-refractivity contribution >= 4 is 17.0 Å². The van der Waals surface area contributed by atoms with E-state index in [2.05, 4.69) is 32.8 Å². The summed E-state index contributed by atoms with van der Waals surface area (Å²) in [6, 6.07) is 6.02. The Kier molecular flexibility index (Phi) is 3.47. The van der Waals surface area contributed by atoms with Gasteiger partial charge in [0.1, 0.15) is 5.01 Å². The number of hydrogen-bond donors (Lipinski definition) is 1. The van der Waals surface area contributed by atoms with E-state index >= 15 is 0 Å². The Hall–Kier alpha value is -2.21. The first-order chi connectivity index (χ1) is 9.72. The highest BCUT2D eigenvalue weighted by atomic mass is 32.1. The standard InChI is InChI=1S/C14H14N4OS/c1-9-5-11(14-18-16-8-19-14)3-4-12(9)15-6-13-17-10(2)7-20-13/h3-5,7-8,15H,6H2,1-2H3. The SMILES string of the molecule is Cc1csc(CNc2ccc(-c3nnco3)cc2C)n1. The fraction of sp³-hybridized carbons (Fsp3) is 0.214. The fourth-order valence-corrected chi connectivity index (χ4v) is 2.66. The van der Waals surface area contributed by atoms with Crippen LogP contribution in [0.2, 0.25) is 0 Å². The molecule has 0 saturated heterocycles. The van der Waals surface area contributed by atoms with Gasteiger partial charge in [0.2, 0.25) is 12.3 Å². The molecule has 0 aliphatic heterocycles. The van der Waals surface area contributed by atoms with Crippen molar-refractivity contribution in [3.05, 3.63) is 46.2 Å². The first-order valence-corrected chi connectivity index (χ1v) is 7.12. The average molecular weight is 286 g/mol. The van der Waals surface area contributed by atoms with Crippen molar-refractivity contribution in [3.8, 4) is 11.5 Å². The Balaban J connectivity index is 1.74. The van der Waals surface area contributed by atoms with Gasteiger partial charge in [-0.15, -0.1) is 21.5 Å². The zero-order valence-corrected chi connectivity index (χ0v) is 12.1. The van der Waals surface area contributed by atoms with Crippen LogP contribution in [0.15, 0.2) is 34.4 Å². The topological polar surface area (TPSA) is 63.8 Å². The number of aryl methyl sites for hydroxylation is 2. The van der Waals surface area contributed by atoms with Gasteiger partial charge in [0.25, 0.3) is 0 Å². The molecular formula is C14H14N4OS. The number of nitrogens with zero attached hydrogens (tertiary/aromatic N) is 3. The normalized spacial score (nSPS) is 10.7. The Morgan fingerprint density at radius 2 is 2.20 bits per heavy atom. The molecule has 3 rings (SSSR count). The summed E-state index contributed by atoms with van der Waals surface area (Å²) >= 11 is 1.67. The summed E-state index contributed by atoms with van der Waals surface area (Å²) in [6.45, 7) is 4.79. The molecule has 20 heavy (non-hydrogen) atoms. The second-order valence-corrected chi connectivity index (χ2v) is 5.45. The highest BCUT2D eigenvalue weighted by Crippen LogP contribution is 2.23. The van der Waals surface area contributed by atoms with Crippen molar-refractivity contribution in [1.82, 2.24) is 15.2 Å². The van der Waals surface area contributed by atoms with Crippen molar-refractivity contribution in [2.24, 2.45) is 0 Å². The van der Waals surface area contributed by atoms with Crippen LogP contribution >= 0.6 is 11.3 Å². The third-order valence-corrected chi connectivity index (χ3v) is 3.90. The minimum Gasteiger partial charge on any atom is -0.423 e. The Morgan fingerprint density at radius 3 is 2.85 bits per heavy atom. The summed E-state index contributed by atoms with van der Waals surface area (Å²) in [4.78, 5) is 4.44. The van der Waals surface area contributed by atoms with Crippen molar-refractivity contribution in [2.75, 3.05) is 5.32 Å². The molecule has 0 unspecified atom stereocenters. The van der Waals surface area contributed by atoms with E-state index in [9.17, 15) is 0 Å². The third kappa shape index (κ3) is 2.70. The van der Waals surface area contributed by atoms with Crippen molar-refractivity contribution in [1.29, 1.82) is 0 Å². The largest absolute Gasteiger partial charge is 0.423 e. The van der Waals surface area contributed by atoms with Gasteiger partial charge in [0.15, 0.2) is 0 Å². The Morgan fingerprint density at radius 1 is 1.30 bits per heavy atom. The van der Waals surface area contributed by atoms with E-state index in [0.717, 1.165) is 34.1 Å². The van der Waals surface area contributed by atoms with E-state index in [-0.39, 0.29) is 0 Å². The van der Waals surface area contributed by atoms with Crippen LogP contribution in [0.5, 0.6) is 0 Å². The molecule has 102 valence electrons. The molecular weight excluding hydrogens is 272 g/mol. The molecule has 2 aromatic heterocycles. The molecule has 3 aromatic rings. The van der Waals surface area contributed by atoms with Gasteiger partial charge < -0.3 is 9.73 Å². The van der Waals surface area contributed by atoms with Crippen LogP contribution in [0.25, 0.3) is 11.5 Å². The zero-order chi connectivity index (χ0) is 13.9. The highest BCUT2D eigenvalue weighted by molar-refractivity contribution is 7.09. The maximum Gasteiger partial charge on any atom is 0.247 e. The summed E-state index contributed by atoms with van der Waals surface area (Å²) in [5.41, 5.74) is 4.21. The number of aromatic nitrogens is 3. The van der Waals surface area contributed by atoms with Crippen LogP contribution in [0.1, 0.15) is 16.3 Å². The van der Waals surface area contributed by atoms with Gasteiger partial charge in [0, 0.05) is 22.3 Å². The zero-order valence-electron chi connectivity index (χ0n) is 11.3. The molecule has 1 aromatic carbocycles. The van der Waals surface area contributed by atoms with Gasteiger partial charge in [-0.1, -0.05) is 0 Å². The molecule has 0 radical (unpaired) electrons. The van der Waals surface area contributed by atoms with Crippen LogP contribution < -0.4 is 5.32 Å². The lowest BCUT2D eigenvalue weighted by atomic mass is 10.1. The van der Waals surface area contributed by atoms with Gasteiger partial charge in [-0.05, 0) is 37.6 Å². The monoisotopic (exact) mass is 286 g/mol. The summed E-state index contributed by atoms with van der Waals surface area (Å²) in [7, 11) is 0. The van der Waals surface area contributed by atoms with Gasteiger partial charge >= 0.3 is 0 Å². The quantitative estimate of drug-likeness (QED) is 0.796. The lowest BCUT2D eigenvalue weighted by Crippen LogP contribution is -2.00. The maximum absolute atomic E-state index is 5.20. The van der Waals surface area contributed by atoms with Crippen LogP contribution in [0.3, 0.4) is 0 Å². The molecule has 2 heterocycles. The van der Waals surface area contributed by atoms with E-state index in [4.69, 9.17) is 4.42 Å². The highest BCUT2D eigenvalue weighted by Gasteiger charge is 2.06. The van der Waals surface area contributed by atoms with Crippen molar-refractivity contribution in [3.63, 3.8) is 0 Å². The molecule has 0 atom stereocenters. The number of thiazole rings is 1. The second kappa shape index (κ2) is 5.42. The molecule has 0 amide bonds. The van der Waals surface area contributed by atoms with Gasteiger partial charge in [-0.2, -0.15) is 0 Å². The van der Waals surface area contributed by atoms with E-state index in [1.54, 1.807) is 11.3 Å². The van der Waals surface area contributed by atoms with E-state index in [1.807, 2.05) is 25.1 Å². The number of benzene rings is 1. The molecule has 0 fully saturated rings. The predicted molar refractivity (Wildman–Crippen MR) is 78.6 cm³/mol. The predicted octanol–water partition coefficient (Wildman–Crippen LogP) is 3.42.